The molecule has 1 aromatic heterocycles. The summed E-state index contributed by atoms with van der Waals surface area (Å²) in [7, 11) is 0.246. The molecule has 1 saturated heterocycles. The van der Waals surface area contributed by atoms with Gasteiger partial charge < -0.3 is 15.7 Å². The average molecular weight is 319 g/mol. The highest BCUT2D eigenvalue weighted by atomic mass is 32.2. The van der Waals surface area contributed by atoms with E-state index in [1.807, 2.05) is 19.0 Å². The highest BCUT2D eigenvalue weighted by Crippen LogP contribution is 2.30. The number of rotatable bonds is 5. The number of nitrogens with two attached hydrogens (primary N) is 1. The van der Waals surface area contributed by atoms with Gasteiger partial charge in [-0.1, -0.05) is 0 Å². The van der Waals surface area contributed by atoms with Crippen molar-refractivity contribution in [3.05, 3.63) is 17.0 Å². The van der Waals surface area contributed by atoms with Crippen LogP contribution >= 0.6 is 11.3 Å². The van der Waals surface area contributed by atoms with Crippen molar-refractivity contribution in [1.29, 1.82) is 0 Å². The maximum Gasteiger partial charge on any atom is 0.252 e. The van der Waals surface area contributed by atoms with Crippen LogP contribution in [0.1, 0.15) is 11.3 Å². The third-order valence-electron chi connectivity index (χ3n) is 3.32. The van der Waals surface area contributed by atoms with Gasteiger partial charge in [0.05, 0.1) is 6.10 Å². The van der Waals surface area contributed by atoms with Crippen LogP contribution in [-0.4, -0.2) is 62.1 Å². The fourth-order valence-corrected chi connectivity index (χ4v) is 5.49. The van der Waals surface area contributed by atoms with E-state index >= 15 is 0 Å². The summed E-state index contributed by atoms with van der Waals surface area (Å²) < 4.78 is 27.1. The lowest BCUT2D eigenvalue weighted by Crippen LogP contribution is -2.41. The standard InChI is InChI=1S/C12H21N3O3S2/c1-14(2)7-9-5-10(16)8-15(9)20(17,18)12-4-3-11(6-13)19-12/h3-4,9-10,16H,5-8,13H2,1-2H3. The fourth-order valence-electron chi connectivity index (χ4n) is 2.47. The Morgan fingerprint density at radius 1 is 1.50 bits per heavy atom. The Balaban J connectivity index is 2.27. The molecule has 2 heterocycles. The van der Waals surface area contributed by atoms with Crippen molar-refractivity contribution in [1.82, 2.24) is 9.21 Å². The van der Waals surface area contributed by atoms with Gasteiger partial charge in [0.15, 0.2) is 0 Å². The third kappa shape index (κ3) is 3.21. The minimum absolute atomic E-state index is 0.163. The molecule has 8 heteroatoms. The number of thiophene rings is 1. The van der Waals surface area contributed by atoms with E-state index in [9.17, 15) is 13.5 Å². The number of hydrogen-bond acceptors (Lipinski definition) is 6. The second kappa shape index (κ2) is 6.08. The quantitative estimate of drug-likeness (QED) is 0.791. The van der Waals surface area contributed by atoms with Crippen molar-refractivity contribution < 1.29 is 13.5 Å². The van der Waals surface area contributed by atoms with Crippen molar-refractivity contribution in [3.63, 3.8) is 0 Å². The van der Waals surface area contributed by atoms with Crippen LogP contribution in [-0.2, 0) is 16.6 Å². The normalized spacial score (nSPS) is 24.6. The molecule has 2 rings (SSSR count). The molecule has 2 atom stereocenters. The van der Waals surface area contributed by atoms with E-state index in [2.05, 4.69) is 0 Å². The molecule has 1 aliphatic rings. The van der Waals surface area contributed by atoms with E-state index < -0.39 is 16.1 Å². The van der Waals surface area contributed by atoms with Gasteiger partial charge in [0, 0.05) is 30.6 Å². The van der Waals surface area contributed by atoms with Crippen LogP contribution in [0.4, 0.5) is 0 Å². The maximum absolute atomic E-state index is 12.7. The third-order valence-corrected chi connectivity index (χ3v) is 6.81. The van der Waals surface area contributed by atoms with Crippen LogP contribution in [0.2, 0.25) is 0 Å². The first-order valence-electron chi connectivity index (χ1n) is 6.48. The second-order valence-electron chi connectivity index (χ2n) is 5.31. The molecule has 6 nitrogen and oxygen atoms in total. The predicted octanol–water partition coefficient (Wildman–Crippen LogP) is -0.108. The number of nitrogens with zero attached hydrogens (tertiary/aromatic N) is 2. The minimum Gasteiger partial charge on any atom is -0.392 e. The lowest BCUT2D eigenvalue weighted by atomic mass is 10.2. The van der Waals surface area contributed by atoms with Crippen molar-refractivity contribution >= 4 is 21.4 Å². The smallest absolute Gasteiger partial charge is 0.252 e. The molecule has 0 bridgehead atoms. The summed E-state index contributed by atoms with van der Waals surface area (Å²) in [4.78, 5) is 2.78. The highest BCUT2D eigenvalue weighted by molar-refractivity contribution is 7.91. The molecule has 0 aromatic carbocycles. The van der Waals surface area contributed by atoms with Crippen LogP contribution in [0.3, 0.4) is 0 Å². The Morgan fingerprint density at radius 3 is 2.75 bits per heavy atom. The van der Waals surface area contributed by atoms with E-state index in [1.54, 1.807) is 12.1 Å². The molecule has 1 fully saturated rings. The van der Waals surface area contributed by atoms with Crippen molar-refractivity contribution in [3.8, 4) is 0 Å². The first-order valence-corrected chi connectivity index (χ1v) is 8.73. The summed E-state index contributed by atoms with van der Waals surface area (Å²) in [6, 6.07) is 3.15. The van der Waals surface area contributed by atoms with Crippen molar-refractivity contribution in [2.24, 2.45) is 5.73 Å². The minimum atomic E-state index is -3.55. The van der Waals surface area contributed by atoms with Gasteiger partial charge >= 0.3 is 0 Å². The van der Waals surface area contributed by atoms with Crippen molar-refractivity contribution in [2.75, 3.05) is 27.2 Å². The van der Waals surface area contributed by atoms with Crippen LogP contribution in [0.25, 0.3) is 0 Å². The molecule has 114 valence electrons. The predicted molar refractivity (Wildman–Crippen MR) is 79.1 cm³/mol. The molecule has 0 amide bonds. The number of likely N-dealkylation sites (N-methyl/N-ethyl adjacent to an activating group) is 1. The molecule has 0 radical (unpaired) electrons. The van der Waals surface area contributed by atoms with E-state index in [0.717, 1.165) is 4.88 Å². The van der Waals surface area contributed by atoms with Gasteiger partial charge in [-0.05, 0) is 32.6 Å². The van der Waals surface area contributed by atoms with Gasteiger partial charge in [0.2, 0.25) is 0 Å². The van der Waals surface area contributed by atoms with Gasteiger partial charge in [0.1, 0.15) is 4.21 Å². The molecule has 1 aromatic rings. The van der Waals surface area contributed by atoms with Gasteiger partial charge in [-0.25, -0.2) is 8.42 Å². The molecule has 2 unspecified atom stereocenters. The first kappa shape index (κ1) is 15.9. The van der Waals surface area contributed by atoms with E-state index in [-0.39, 0.29) is 12.6 Å². The zero-order valence-corrected chi connectivity index (χ0v) is 13.3. The van der Waals surface area contributed by atoms with Crippen LogP contribution in [0.15, 0.2) is 16.3 Å². The number of sulfonamides is 1. The van der Waals surface area contributed by atoms with Crippen molar-refractivity contribution in [2.45, 2.75) is 29.3 Å². The Bertz CT molecular complexity index is 556. The molecule has 0 saturated carbocycles. The molecule has 0 spiro atoms. The second-order valence-corrected chi connectivity index (χ2v) is 8.59. The SMILES string of the molecule is CN(C)CC1CC(O)CN1S(=O)(=O)c1ccc(CN)s1. The largest absolute Gasteiger partial charge is 0.392 e. The summed E-state index contributed by atoms with van der Waals surface area (Å²) >= 11 is 1.20. The topological polar surface area (TPSA) is 86.9 Å². The maximum atomic E-state index is 12.7. The monoisotopic (exact) mass is 319 g/mol. The Morgan fingerprint density at radius 2 is 2.20 bits per heavy atom. The lowest BCUT2D eigenvalue weighted by molar-refractivity contribution is 0.188. The van der Waals surface area contributed by atoms with Crippen LogP contribution in [0.5, 0.6) is 0 Å². The summed E-state index contributed by atoms with van der Waals surface area (Å²) in [6.45, 7) is 1.10. The van der Waals surface area contributed by atoms with Gasteiger partial charge in [-0.3, -0.25) is 0 Å². The molecular weight excluding hydrogens is 298 g/mol. The van der Waals surface area contributed by atoms with E-state index in [1.165, 1.54) is 15.6 Å². The first-order chi connectivity index (χ1) is 9.34. The van der Waals surface area contributed by atoms with Gasteiger partial charge in [0.25, 0.3) is 10.0 Å². The Kier molecular flexibility index (Phi) is 4.83. The molecule has 1 aliphatic heterocycles. The number of aliphatic hydroxyl groups excluding tert-OH is 1. The Hall–Kier alpha value is -0.510. The van der Waals surface area contributed by atoms with Crippen LogP contribution < -0.4 is 5.73 Å². The van der Waals surface area contributed by atoms with Crippen LogP contribution in [0, 0.1) is 0 Å². The summed E-state index contributed by atoms with van der Waals surface area (Å²) in [5.41, 5.74) is 5.53. The number of β-amino-alcohol motifs (C(OH)–C–C–N with tert-alkyl or cyclic N) is 1. The summed E-state index contributed by atoms with van der Waals surface area (Å²) in [5, 5.41) is 9.80. The number of hydrogen-bond donors (Lipinski definition) is 2. The molecule has 3 N–H and O–H groups in total. The van der Waals surface area contributed by atoms with Gasteiger partial charge in [-0.2, -0.15) is 4.31 Å². The Labute approximate surface area is 123 Å². The lowest BCUT2D eigenvalue weighted by Gasteiger charge is -2.25. The van der Waals surface area contributed by atoms with Gasteiger partial charge in [-0.15, -0.1) is 11.3 Å². The summed E-state index contributed by atoms with van der Waals surface area (Å²) in [5.74, 6) is 0. The number of aliphatic hydroxyl groups is 1. The summed E-state index contributed by atoms with van der Waals surface area (Å²) in [6.07, 6.45) is -0.115. The molecular formula is C12H21N3O3S2. The molecule has 20 heavy (non-hydrogen) atoms. The zero-order chi connectivity index (χ0) is 14.9. The van der Waals surface area contributed by atoms with E-state index in [0.29, 0.717) is 23.7 Å². The van der Waals surface area contributed by atoms with E-state index in [4.69, 9.17) is 5.73 Å². The highest BCUT2D eigenvalue weighted by Gasteiger charge is 2.40. The fraction of sp³-hybridized carbons (Fsp3) is 0.667. The molecule has 0 aliphatic carbocycles. The average Bonchev–Trinajstić information content (AvgIpc) is 2.95. The zero-order valence-electron chi connectivity index (χ0n) is 11.7.